The Balaban J connectivity index is 1.62. The zero-order valence-electron chi connectivity index (χ0n) is 15.6. The standard InChI is InChI=1S/C19H22N6O2/c1-4-12-5-14(13-9-25(10-13)19(26)27)20-8-17(12)24(3)18-6-16-15(7-21-18)22-11-23(16)2/h5-8,11,13H,4,9-10H2,1-3H3,(H,26,27). The lowest BCUT2D eigenvalue weighted by molar-refractivity contribution is 0.104. The van der Waals surface area contributed by atoms with Gasteiger partial charge >= 0.3 is 6.09 Å². The predicted molar refractivity (Wildman–Crippen MR) is 103 cm³/mol. The molecule has 1 saturated heterocycles. The number of fused-ring (bicyclic) bond motifs is 1. The van der Waals surface area contributed by atoms with Crippen molar-refractivity contribution in [3.8, 4) is 0 Å². The maximum absolute atomic E-state index is 11.0. The van der Waals surface area contributed by atoms with Gasteiger partial charge in [0.25, 0.3) is 0 Å². The molecule has 0 unspecified atom stereocenters. The molecule has 0 aromatic carbocycles. The molecule has 3 aromatic rings. The van der Waals surface area contributed by atoms with E-state index in [0.29, 0.717) is 13.1 Å². The highest BCUT2D eigenvalue weighted by Gasteiger charge is 2.32. The van der Waals surface area contributed by atoms with Crippen LogP contribution in [-0.4, -0.2) is 55.8 Å². The third kappa shape index (κ3) is 2.97. The summed E-state index contributed by atoms with van der Waals surface area (Å²) >= 11 is 0. The molecule has 0 atom stereocenters. The number of amides is 1. The molecule has 1 fully saturated rings. The van der Waals surface area contributed by atoms with Crippen LogP contribution in [0.5, 0.6) is 0 Å². The van der Waals surface area contributed by atoms with E-state index in [2.05, 4.69) is 27.9 Å². The molecule has 0 aliphatic carbocycles. The maximum Gasteiger partial charge on any atom is 0.407 e. The maximum atomic E-state index is 11.0. The van der Waals surface area contributed by atoms with Gasteiger partial charge in [-0.15, -0.1) is 0 Å². The van der Waals surface area contributed by atoms with E-state index >= 15 is 0 Å². The highest BCUT2D eigenvalue weighted by atomic mass is 16.4. The lowest BCUT2D eigenvalue weighted by Gasteiger charge is -2.37. The summed E-state index contributed by atoms with van der Waals surface area (Å²) < 4.78 is 1.97. The van der Waals surface area contributed by atoms with Crippen LogP contribution in [0.2, 0.25) is 0 Å². The first kappa shape index (κ1) is 17.3. The molecule has 8 nitrogen and oxygen atoms in total. The number of anilines is 2. The Hall–Kier alpha value is -3.16. The van der Waals surface area contributed by atoms with Gasteiger partial charge in [0.2, 0.25) is 0 Å². The van der Waals surface area contributed by atoms with Gasteiger partial charge in [-0.3, -0.25) is 4.98 Å². The lowest BCUT2D eigenvalue weighted by Crippen LogP contribution is -2.48. The second-order valence-electron chi connectivity index (χ2n) is 6.92. The Morgan fingerprint density at radius 2 is 2.04 bits per heavy atom. The van der Waals surface area contributed by atoms with Gasteiger partial charge in [-0.2, -0.15) is 0 Å². The van der Waals surface area contributed by atoms with E-state index in [0.717, 1.165) is 34.7 Å². The molecule has 1 amide bonds. The number of nitrogens with zero attached hydrogens (tertiary/aromatic N) is 6. The number of likely N-dealkylation sites (tertiary alicyclic amines) is 1. The molecular formula is C19H22N6O2. The van der Waals surface area contributed by atoms with Gasteiger partial charge in [-0.1, -0.05) is 6.92 Å². The number of carbonyl (C=O) groups is 1. The molecule has 4 heterocycles. The van der Waals surface area contributed by atoms with Crippen LogP contribution < -0.4 is 4.90 Å². The molecule has 1 aliphatic heterocycles. The third-order valence-corrected chi connectivity index (χ3v) is 5.24. The minimum atomic E-state index is -0.866. The second-order valence-corrected chi connectivity index (χ2v) is 6.92. The van der Waals surface area contributed by atoms with Crippen molar-refractivity contribution in [2.45, 2.75) is 19.3 Å². The number of aryl methyl sites for hydroxylation is 2. The van der Waals surface area contributed by atoms with Gasteiger partial charge < -0.3 is 19.5 Å². The third-order valence-electron chi connectivity index (χ3n) is 5.24. The number of hydrogen-bond acceptors (Lipinski definition) is 5. The zero-order valence-corrected chi connectivity index (χ0v) is 15.6. The van der Waals surface area contributed by atoms with Crippen molar-refractivity contribution in [3.63, 3.8) is 0 Å². The van der Waals surface area contributed by atoms with Crippen molar-refractivity contribution in [1.29, 1.82) is 0 Å². The molecule has 0 radical (unpaired) electrons. The first-order valence-corrected chi connectivity index (χ1v) is 8.95. The van der Waals surface area contributed by atoms with Gasteiger partial charge in [-0.25, -0.2) is 14.8 Å². The Morgan fingerprint density at radius 1 is 1.26 bits per heavy atom. The number of rotatable bonds is 4. The average Bonchev–Trinajstić information content (AvgIpc) is 3.00. The van der Waals surface area contributed by atoms with E-state index in [1.54, 1.807) is 12.5 Å². The van der Waals surface area contributed by atoms with Crippen LogP contribution in [0.1, 0.15) is 24.1 Å². The van der Waals surface area contributed by atoms with E-state index in [1.165, 1.54) is 10.5 Å². The van der Waals surface area contributed by atoms with Crippen molar-refractivity contribution in [1.82, 2.24) is 24.4 Å². The van der Waals surface area contributed by atoms with Crippen LogP contribution in [0.4, 0.5) is 16.3 Å². The monoisotopic (exact) mass is 366 g/mol. The lowest BCUT2D eigenvalue weighted by atomic mass is 9.94. The number of aromatic nitrogens is 4. The van der Waals surface area contributed by atoms with E-state index in [9.17, 15) is 4.79 Å². The largest absolute Gasteiger partial charge is 0.465 e. The Morgan fingerprint density at radius 3 is 2.74 bits per heavy atom. The van der Waals surface area contributed by atoms with Crippen molar-refractivity contribution in [2.75, 3.05) is 25.0 Å². The quantitative estimate of drug-likeness (QED) is 0.764. The molecule has 4 rings (SSSR count). The van der Waals surface area contributed by atoms with Crippen LogP contribution in [0.15, 0.2) is 30.9 Å². The van der Waals surface area contributed by atoms with Gasteiger partial charge in [0.05, 0.1) is 29.9 Å². The number of pyridine rings is 2. The van der Waals surface area contributed by atoms with Crippen molar-refractivity contribution in [3.05, 3.63) is 42.1 Å². The molecular weight excluding hydrogens is 344 g/mol. The van der Waals surface area contributed by atoms with E-state index in [1.807, 2.05) is 35.8 Å². The second kappa shape index (κ2) is 6.53. The molecule has 0 bridgehead atoms. The minimum Gasteiger partial charge on any atom is -0.465 e. The summed E-state index contributed by atoms with van der Waals surface area (Å²) in [7, 11) is 3.95. The summed E-state index contributed by atoms with van der Waals surface area (Å²) in [6, 6.07) is 4.12. The van der Waals surface area contributed by atoms with Crippen LogP contribution in [0.25, 0.3) is 11.0 Å². The SMILES string of the molecule is CCc1cc(C2CN(C(=O)O)C2)ncc1N(C)c1cc2c(cn1)ncn2C. The van der Waals surface area contributed by atoms with Crippen LogP contribution in [-0.2, 0) is 13.5 Å². The Kier molecular flexibility index (Phi) is 4.18. The van der Waals surface area contributed by atoms with Crippen LogP contribution >= 0.6 is 0 Å². The molecule has 0 saturated carbocycles. The van der Waals surface area contributed by atoms with E-state index < -0.39 is 6.09 Å². The van der Waals surface area contributed by atoms with Crippen LogP contribution in [0.3, 0.4) is 0 Å². The molecule has 1 N–H and O–H groups in total. The fourth-order valence-electron chi connectivity index (χ4n) is 3.47. The summed E-state index contributed by atoms with van der Waals surface area (Å²) in [4.78, 5) is 27.9. The molecule has 3 aromatic heterocycles. The Labute approximate surface area is 157 Å². The molecule has 140 valence electrons. The molecule has 1 aliphatic rings. The molecule has 8 heteroatoms. The van der Waals surface area contributed by atoms with E-state index in [4.69, 9.17) is 5.11 Å². The summed E-state index contributed by atoms with van der Waals surface area (Å²) in [6.45, 7) is 3.14. The van der Waals surface area contributed by atoms with Gasteiger partial charge in [0, 0.05) is 44.9 Å². The first-order valence-electron chi connectivity index (χ1n) is 8.95. The van der Waals surface area contributed by atoms with Gasteiger partial charge in [-0.05, 0) is 18.1 Å². The smallest absolute Gasteiger partial charge is 0.407 e. The van der Waals surface area contributed by atoms with Crippen molar-refractivity contribution < 1.29 is 9.90 Å². The fraction of sp³-hybridized carbons (Fsp3) is 0.368. The first-order chi connectivity index (χ1) is 13.0. The summed E-state index contributed by atoms with van der Waals surface area (Å²) in [6.07, 6.45) is 5.42. The minimum absolute atomic E-state index is 0.176. The number of imidazole rings is 1. The van der Waals surface area contributed by atoms with Gasteiger partial charge in [0.15, 0.2) is 0 Å². The van der Waals surface area contributed by atoms with Crippen molar-refractivity contribution >= 4 is 28.6 Å². The molecule has 0 spiro atoms. The zero-order chi connectivity index (χ0) is 19.1. The topological polar surface area (TPSA) is 87.4 Å². The normalized spacial score (nSPS) is 14.4. The summed E-state index contributed by atoms with van der Waals surface area (Å²) in [5.74, 6) is 1.01. The number of carboxylic acid groups (broad SMARTS) is 1. The fourth-order valence-corrected chi connectivity index (χ4v) is 3.47. The predicted octanol–water partition coefficient (Wildman–Crippen LogP) is 2.77. The van der Waals surface area contributed by atoms with Crippen LogP contribution in [0, 0.1) is 0 Å². The number of hydrogen-bond donors (Lipinski definition) is 1. The highest BCUT2D eigenvalue weighted by Crippen LogP contribution is 2.31. The van der Waals surface area contributed by atoms with Crippen molar-refractivity contribution in [2.24, 2.45) is 7.05 Å². The summed E-state index contributed by atoms with van der Waals surface area (Å²) in [5.41, 5.74) is 5.02. The summed E-state index contributed by atoms with van der Waals surface area (Å²) in [5, 5.41) is 9.01. The average molecular weight is 366 g/mol. The van der Waals surface area contributed by atoms with Gasteiger partial charge in [0.1, 0.15) is 11.3 Å². The van der Waals surface area contributed by atoms with E-state index in [-0.39, 0.29) is 5.92 Å². The Bertz CT molecular complexity index is 1010. The highest BCUT2D eigenvalue weighted by molar-refractivity contribution is 5.79. The molecule has 27 heavy (non-hydrogen) atoms.